The van der Waals surface area contributed by atoms with Crippen LogP contribution >= 0.6 is 0 Å². The van der Waals surface area contributed by atoms with E-state index in [-0.39, 0.29) is 25.5 Å². The molecule has 1 aromatic carbocycles. The van der Waals surface area contributed by atoms with Gasteiger partial charge >= 0.3 is 12.1 Å². The summed E-state index contributed by atoms with van der Waals surface area (Å²) in [4.78, 5) is 54.0. The van der Waals surface area contributed by atoms with E-state index in [4.69, 9.17) is 15.9 Å². The summed E-state index contributed by atoms with van der Waals surface area (Å²) >= 11 is 0. The molecule has 0 radical (unpaired) electrons. The number of hydrogen-bond acceptors (Lipinski definition) is 6. The molecule has 3 amide bonds. The minimum atomic E-state index is -1.14. The molecule has 1 rings (SSSR count). The molecule has 9 nitrogen and oxygen atoms in total. The largest absolute Gasteiger partial charge is 0.466 e. The van der Waals surface area contributed by atoms with Gasteiger partial charge < -0.3 is 25.0 Å². The number of amides is 3. The Hall–Kier alpha value is -3.54. The highest BCUT2D eigenvalue weighted by molar-refractivity contribution is 5.93. The first-order chi connectivity index (χ1) is 18.0. The van der Waals surface area contributed by atoms with Crippen LogP contribution in [0, 0.1) is 18.3 Å². The Bertz CT molecular complexity index is 1050. The molecule has 0 aliphatic carbocycles. The lowest BCUT2D eigenvalue weighted by molar-refractivity contribution is -0.149. The summed E-state index contributed by atoms with van der Waals surface area (Å²) in [6, 6.07) is 4.79. The molecule has 9 heteroatoms. The molecule has 0 saturated heterocycles. The normalized spacial score (nSPS) is 13.1. The van der Waals surface area contributed by atoms with Gasteiger partial charge in [0.25, 0.3) is 0 Å². The van der Waals surface area contributed by atoms with Crippen molar-refractivity contribution in [3.05, 3.63) is 35.4 Å². The van der Waals surface area contributed by atoms with Crippen LogP contribution in [0.3, 0.4) is 0 Å². The number of hydrogen-bond donors (Lipinski definition) is 2. The van der Waals surface area contributed by atoms with Crippen LogP contribution in [0.4, 0.5) is 4.79 Å². The molecule has 0 spiro atoms. The lowest BCUT2D eigenvalue weighted by atomic mass is 9.91. The molecule has 0 fully saturated rings. The molecule has 0 aliphatic heterocycles. The third-order valence-electron chi connectivity index (χ3n) is 5.51. The van der Waals surface area contributed by atoms with E-state index >= 15 is 0 Å². The van der Waals surface area contributed by atoms with Crippen LogP contribution < -0.4 is 10.6 Å². The van der Waals surface area contributed by atoms with Gasteiger partial charge in [0.15, 0.2) is 0 Å². The van der Waals surface area contributed by atoms with E-state index in [1.54, 1.807) is 52.0 Å². The van der Waals surface area contributed by atoms with Crippen LogP contribution in [0.2, 0.25) is 0 Å². The van der Waals surface area contributed by atoms with E-state index in [2.05, 4.69) is 16.6 Å². The fourth-order valence-electron chi connectivity index (χ4n) is 4.04. The van der Waals surface area contributed by atoms with Crippen LogP contribution in [0.5, 0.6) is 0 Å². The third kappa shape index (κ3) is 11.0. The molecule has 216 valence electrons. The quantitative estimate of drug-likeness (QED) is 0.317. The molecule has 0 bridgehead atoms. The third-order valence-corrected chi connectivity index (χ3v) is 5.51. The SMILES string of the molecule is C#Cc1ccccc1C(C(=O)NCCC(=O)OCC)N(C(=O)C(CC(C)C)NC(=O)OC(C)(C)C)C(C)(C)C. The first-order valence-corrected chi connectivity index (χ1v) is 13.3. The van der Waals surface area contributed by atoms with Gasteiger partial charge in [-0.25, -0.2) is 4.79 Å². The average Bonchev–Trinajstić information content (AvgIpc) is 2.79. The highest BCUT2D eigenvalue weighted by Crippen LogP contribution is 2.32. The first-order valence-electron chi connectivity index (χ1n) is 13.3. The lowest BCUT2D eigenvalue weighted by Crippen LogP contribution is -2.59. The van der Waals surface area contributed by atoms with E-state index < -0.39 is 47.1 Å². The molecule has 39 heavy (non-hydrogen) atoms. The van der Waals surface area contributed by atoms with Crippen molar-refractivity contribution in [2.75, 3.05) is 13.2 Å². The monoisotopic (exact) mass is 543 g/mol. The second-order valence-corrected chi connectivity index (χ2v) is 11.7. The Morgan fingerprint density at radius 1 is 1.05 bits per heavy atom. The fourth-order valence-corrected chi connectivity index (χ4v) is 4.04. The van der Waals surface area contributed by atoms with Crippen molar-refractivity contribution < 1.29 is 28.7 Å². The number of alkyl carbamates (subject to hydrolysis) is 1. The summed E-state index contributed by atoms with van der Waals surface area (Å²) in [7, 11) is 0. The van der Waals surface area contributed by atoms with Crippen LogP contribution in [0.25, 0.3) is 0 Å². The minimum absolute atomic E-state index is 0.0180. The van der Waals surface area contributed by atoms with E-state index in [0.717, 1.165) is 0 Å². The number of ether oxygens (including phenoxy) is 2. The lowest BCUT2D eigenvalue weighted by Gasteiger charge is -2.43. The van der Waals surface area contributed by atoms with Gasteiger partial charge in [0.1, 0.15) is 17.7 Å². The number of benzene rings is 1. The number of nitrogens with zero attached hydrogens (tertiary/aromatic N) is 1. The van der Waals surface area contributed by atoms with Gasteiger partial charge in [-0.2, -0.15) is 0 Å². The second kappa shape index (κ2) is 14.6. The van der Waals surface area contributed by atoms with Crippen molar-refractivity contribution in [1.29, 1.82) is 0 Å². The standard InChI is InChI=1S/C30H45N3O6/c1-11-21-15-13-14-16-22(21)25(26(35)31-18-17-24(34)38-12-2)33(29(5,6)7)27(36)23(19-20(3)4)32-28(37)39-30(8,9)10/h1,13-16,20,23,25H,12,17-19H2,2-10H3,(H,31,35)(H,32,37). The van der Waals surface area contributed by atoms with Crippen LogP contribution in [-0.2, 0) is 23.9 Å². The zero-order chi connectivity index (χ0) is 30.0. The maximum atomic E-state index is 14.3. The molecule has 0 heterocycles. The van der Waals surface area contributed by atoms with Crippen molar-refractivity contribution in [2.45, 2.75) is 98.4 Å². The van der Waals surface area contributed by atoms with Crippen molar-refractivity contribution >= 4 is 23.9 Å². The molecule has 2 unspecified atom stereocenters. The zero-order valence-corrected chi connectivity index (χ0v) is 24.8. The van der Waals surface area contributed by atoms with Gasteiger partial charge in [-0.3, -0.25) is 14.4 Å². The average molecular weight is 544 g/mol. The minimum Gasteiger partial charge on any atom is -0.466 e. The van der Waals surface area contributed by atoms with Crippen molar-refractivity contribution in [2.24, 2.45) is 5.92 Å². The van der Waals surface area contributed by atoms with Gasteiger partial charge in [-0.1, -0.05) is 38.0 Å². The molecular weight excluding hydrogens is 498 g/mol. The predicted molar refractivity (Wildman–Crippen MR) is 151 cm³/mol. The van der Waals surface area contributed by atoms with Crippen molar-refractivity contribution in [1.82, 2.24) is 15.5 Å². The molecule has 0 saturated carbocycles. The topological polar surface area (TPSA) is 114 Å². The van der Waals surface area contributed by atoms with Crippen LogP contribution in [-0.4, -0.2) is 59.1 Å². The summed E-state index contributed by atoms with van der Waals surface area (Å²) < 4.78 is 10.4. The molecule has 0 aliphatic rings. The smallest absolute Gasteiger partial charge is 0.408 e. The van der Waals surface area contributed by atoms with Crippen molar-refractivity contribution in [3.8, 4) is 12.3 Å². The Balaban J connectivity index is 3.57. The van der Waals surface area contributed by atoms with Crippen molar-refractivity contribution in [3.63, 3.8) is 0 Å². The molecule has 2 N–H and O–H groups in total. The number of nitrogens with one attached hydrogen (secondary N) is 2. The summed E-state index contributed by atoms with van der Waals surface area (Å²) in [6.07, 6.45) is 5.34. The number of esters is 1. The van der Waals surface area contributed by atoms with E-state index in [9.17, 15) is 19.2 Å². The van der Waals surface area contributed by atoms with E-state index in [1.165, 1.54) is 4.90 Å². The maximum Gasteiger partial charge on any atom is 0.408 e. The predicted octanol–water partition coefficient (Wildman–Crippen LogP) is 4.34. The Kier molecular flexibility index (Phi) is 12.5. The summed E-state index contributed by atoms with van der Waals surface area (Å²) in [6.45, 7) is 16.5. The Morgan fingerprint density at radius 2 is 1.67 bits per heavy atom. The first kappa shape index (κ1) is 33.5. The van der Waals surface area contributed by atoms with Crippen LogP contribution in [0.1, 0.15) is 92.3 Å². The summed E-state index contributed by atoms with van der Waals surface area (Å²) in [5.41, 5.74) is -0.720. The summed E-state index contributed by atoms with van der Waals surface area (Å²) in [5.74, 6) is 1.24. The molecular formula is C30H45N3O6. The van der Waals surface area contributed by atoms with Gasteiger partial charge in [-0.05, 0) is 72.4 Å². The zero-order valence-electron chi connectivity index (χ0n) is 24.8. The number of rotatable bonds is 11. The van der Waals surface area contributed by atoms with E-state index in [0.29, 0.717) is 17.5 Å². The summed E-state index contributed by atoms with van der Waals surface area (Å²) in [5, 5.41) is 5.48. The second-order valence-electron chi connectivity index (χ2n) is 11.7. The van der Waals surface area contributed by atoms with Gasteiger partial charge in [-0.15, -0.1) is 6.42 Å². The highest BCUT2D eigenvalue weighted by Gasteiger charge is 2.42. The van der Waals surface area contributed by atoms with Gasteiger partial charge in [0, 0.05) is 17.6 Å². The Labute approximate surface area is 233 Å². The van der Waals surface area contributed by atoms with E-state index in [1.807, 2.05) is 34.6 Å². The Morgan fingerprint density at radius 3 is 2.18 bits per heavy atom. The number of terminal acetylenes is 1. The highest BCUT2D eigenvalue weighted by atomic mass is 16.6. The molecule has 0 aromatic heterocycles. The number of carbonyl (C=O) groups is 4. The van der Waals surface area contributed by atoms with Crippen LogP contribution in [0.15, 0.2) is 24.3 Å². The maximum absolute atomic E-state index is 14.3. The van der Waals surface area contributed by atoms with Gasteiger partial charge in [0.2, 0.25) is 11.8 Å². The number of carbonyl (C=O) groups excluding carboxylic acids is 4. The van der Waals surface area contributed by atoms with Gasteiger partial charge in [0.05, 0.1) is 13.0 Å². The fraction of sp³-hybridized carbons (Fsp3) is 0.600. The molecule has 1 aromatic rings. The molecule has 2 atom stereocenters.